The Morgan fingerprint density at radius 1 is 1.37 bits per heavy atom. The standard InChI is InChI=1S/C18H17N5O5S2/c1-9-13(10(7-19)8-29-9)16-22-23-18(30-16)21-15(24)12-6-11(20-4-5-26-2)14(27-3)17(25)28-12/h6,8,20H,4-5H2,1-3H3,(H,21,23,24). The molecule has 3 aromatic rings. The summed E-state index contributed by atoms with van der Waals surface area (Å²) in [6, 6.07) is 3.48. The molecular weight excluding hydrogens is 430 g/mol. The zero-order valence-corrected chi connectivity index (χ0v) is 17.9. The molecule has 3 aromatic heterocycles. The normalized spacial score (nSPS) is 10.5. The van der Waals surface area contributed by atoms with E-state index in [4.69, 9.17) is 13.9 Å². The first-order chi connectivity index (χ1) is 14.5. The molecule has 0 bridgehead atoms. The number of aryl methyl sites for hydroxylation is 1. The molecule has 0 aliphatic rings. The number of nitriles is 1. The lowest BCUT2D eigenvalue weighted by atomic mass is 10.2. The van der Waals surface area contributed by atoms with Gasteiger partial charge in [-0.15, -0.1) is 21.5 Å². The van der Waals surface area contributed by atoms with E-state index < -0.39 is 11.5 Å². The zero-order chi connectivity index (χ0) is 21.7. The van der Waals surface area contributed by atoms with E-state index in [9.17, 15) is 14.9 Å². The number of thiophene rings is 1. The lowest BCUT2D eigenvalue weighted by Crippen LogP contribution is -2.18. The largest absolute Gasteiger partial charge is 0.488 e. The molecular formula is C18H17N5O5S2. The molecule has 0 fully saturated rings. The van der Waals surface area contributed by atoms with E-state index in [0.717, 1.165) is 16.2 Å². The Balaban J connectivity index is 1.83. The summed E-state index contributed by atoms with van der Waals surface area (Å²) in [5, 5.41) is 25.2. The molecule has 2 N–H and O–H groups in total. The fraction of sp³-hybridized carbons (Fsp3) is 0.278. The zero-order valence-electron chi connectivity index (χ0n) is 16.3. The number of amides is 1. The third kappa shape index (κ3) is 4.48. The summed E-state index contributed by atoms with van der Waals surface area (Å²) in [5.74, 6) is -0.936. The highest BCUT2D eigenvalue weighted by atomic mass is 32.1. The molecule has 1 amide bonds. The van der Waals surface area contributed by atoms with Crippen molar-refractivity contribution in [3.8, 4) is 22.4 Å². The van der Waals surface area contributed by atoms with E-state index in [2.05, 4.69) is 26.9 Å². The first kappa shape index (κ1) is 21.4. The van der Waals surface area contributed by atoms with Crippen molar-refractivity contribution in [2.75, 3.05) is 38.0 Å². The number of nitrogens with zero attached hydrogens (tertiary/aromatic N) is 3. The van der Waals surface area contributed by atoms with E-state index >= 15 is 0 Å². The number of hydrogen-bond acceptors (Lipinski definition) is 11. The number of carbonyl (C=O) groups excluding carboxylic acids is 1. The molecule has 0 radical (unpaired) electrons. The van der Waals surface area contributed by atoms with Gasteiger partial charge >= 0.3 is 5.63 Å². The van der Waals surface area contributed by atoms with Crippen LogP contribution in [0, 0.1) is 18.3 Å². The molecule has 3 rings (SSSR count). The number of hydrogen-bond donors (Lipinski definition) is 2. The molecule has 12 heteroatoms. The highest BCUT2D eigenvalue weighted by Gasteiger charge is 2.20. The Bertz CT molecular complexity index is 1160. The summed E-state index contributed by atoms with van der Waals surface area (Å²) >= 11 is 2.55. The smallest absolute Gasteiger partial charge is 0.381 e. The summed E-state index contributed by atoms with van der Waals surface area (Å²) in [4.78, 5) is 25.7. The van der Waals surface area contributed by atoms with E-state index in [1.54, 1.807) is 12.5 Å². The Labute approximate surface area is 179 Å². The minimum Gasteiger partial charge on any atom is -0.488 e. The third-order valence-electron chi connectivity index (χ3n) is 3.91. The maximum atomic E-state index is 12.6. The topological polar surface area (TPSA) is 139 Å². The molecule has 3 heterocycles. The molecule has 30 heavy (non-hydrogen) atoms. The lowest BCUT2D eigenvalue weighted by molar-refractivity contribution is 0.0991. The van der Waals surface area contributed by atoms with Crippen molar-refractivity contribution in [1.82, 2.24) is 10.2 Å². The summed E-state index contributed by atoms with van der Waals surface area (Å²) in [7, 11) is 2.88. The average molecular weight is 447 g/mol. The van der Waals surface area contributed by atoms with Crippen LogP contribution in [0.3, 0.4) is 0 Å². The third-order valence-corrected chi connectivity index (χ3v) is 5.68. The highest BCUT2D eigenvalue weighted by Crippen LogP contribution is 2.35. The van der Waals surface area contributed by atoms with E-state index in [1.807, 2.05) is 6.92 Å². The van der Waals surface area contributed by atoms with Crippen LogP contribution in [0.5, 0.6) is 5.75 Å². The van der Waals surface area contributed by atoms with Crippen LogP contribution < -0.4 is 21.0 Å². The molecule has 156 valence electrons. The molecule has 0 unspecified atom stereocenters. The molecule has 0 aliphatic heterocycles. The SMILES string of the molecule is COCCNc1cc(C(=O)Nc2nnc(-c3c(C#N)csc3C)s2)oc(=O)c1OC. The Morgan fingerprint density at radius 3 is 2.87 bits per heavy atom. The lowest BCUT2D eigenvalue weighted by Gasteiger charge is -2.10. The first-order valence-electron chi connectivity index (χ1n) is 8.56. The van der Waals surface area contributed by atoms with Crippen molar-refractivity contribution in [1.29, 1.82) is 5.26 Å². The van der Waals surface area contributed by atoms with Gasteiger partial charge in [0.05, 0.1) is 25.0 Å². The summed E-state index contributed by atoms with van der Waals surface area (Å²) in [6.45, 7) is 2.67. The second-order valence-electron chi connectivity index (χ2n) is 5.82. The predicted octanol–water partition coefficient (Wildman–Crippen LogP) is 2.72. The fourth-order valence-electron chi connectivity index (χ4n) is 2.54. The van der Waals surface area contributed by atoms with Crippen molar-refractivity contribution in [2.45, 2.75) is 6.92 Å². The van der Waals surface area contributed by atoms with Gasteiger partial charge in [-0.25, -0.2) is 4.79 Å². The van der Waals surface area contributed by atoms with Crippen LogP contribution in [0.4, 0.5) is 10.8 Å². The Morgan fingerprint density at radius 2 is 2.17 bits per heavy atom. The number of carbonyl (C=O) groups is 1. The number of ether oxygens (including phenoxy) is 2. The van der Waals surface area contributed by atoms with E-state index in [0.29, 0.717) is 35.0 Å². The van der Waals surface area contributed by atoms with E-state index in [1.165, 1.54) is 24.5 Å². The average Bonchev–Trinajstić information content (AvgIpc) is 3.33. The van der Waals surface area contributed by atoms with Crippen molar-refractivity contribution in [2.24, 2.45) is 0 Å². The van der Waals surface area contributed by atoms with Crippen molar-refractivity contribution >= 4 is 39.4 Å². The Hall–Kier alpha value is -3.27. The first-order valence-corrected chi connectivity index (χ1v) is 10.3. The summed E-state index contributed by atoms with van der Waals surface area (Å²) < 4.78 is 15.1. The van der Waals surface area contributed by atoms with Crippen molar-refractivity contribution in [3.63, 3.8) is 0 Å². The molecule has 0 saturated heterocycles. The quantitative estimate of drug-likeness (QED) is 0.499. The number of rotatable bonds is 8. The van der Waals surface area contributed by atoms with Crippen LogP contribution in [0.15, 0.2) is 20.7 Å². The van der Waals surface area contributed by atoms with Gasteiger partial charge in [0, 0.05) is 35.5 Å². The van der Waals surface area contributed by atoms with Gasteiger partial charge in [0.1, 0.15) is 6.07 Å². The maximum Gasteiger partial charge on any atom is 0.381 e. The number of anilines is 2. The van der Waals surface area contributed by atoms with Crippen LogP contribution in [-0.4, -0.2) is 43.5 Å². The van der Waals surface area contributed by atoms with Crippen LogP contribution in [0.1, 0.15) is 21.0 Å². The molecule has 0 saturated carbocycles. The Kier molecular flexibility index (Phi) is 6.78. The highest BCUT2D eigenvalue weighted by molar-refractivity contribution is 7.19. The second-order valence-corrected chi connectivity index (χ2v) is 7.88. The summed E-state index contributed by atoms with van der Waals surface area (Å²) in [6.07, 6.45) is 0. The van der Waals surface area contributed by atoms with Gasteiger partial charge in [0.25, 0.3) is 5.91 Å². The minimum absolute atomic E-state index is 0.0437. The van der Waals surface area contributed by atoms with Crippen LogP contribution in [-0.2, 0) is 4.74 Å². The number of methoxy groups -OCH3 is 2. The van der Waals surface area contributed by atoms with Gasteiger partial charge in [0.15, 0.2) is 10.8 Å². The van der Waals surface area contributed by atoms with Crippen molar-refractivity contribution < 1.29 is 18.7 Å². The van der Waals surface area contributed by atoms with Crippen molar-refractivity contribution in [3.05, 3.63) is 38.1 Å². The van der Waals surface area contributed by atoms with E-state index in [-0.39, 0.29) is 16.6 Å². The molecule has 0 aromatic carbocycles. The van der Waals surface area contributed by atoms with Crippen LogP contribution >= 0.6 is 22.7 Å². The van der Waals surface area contributed by atoms with Gasteiger partial charge < -0.3 is 19.2 Å². The molecule has 10 nitrogen and oxygen atoms in total. The van der Waals surface area contributed by atoms with Gasteiger partial charge in [-0.2, -0.15) is 5.26 Å². The predicted molar refractivity (Wildman–Crippen MR) is 113 cm³/mol. The second kappa shape index (κ2) is 9.49. The minimum atomic E-state index is -0.796. The number of nitrogens with one attached hydrogen (secondary N) is 2. The van der Waals surface area contributed by atoms with Gasteiger partial charge in [-0.1, -0.05) is 11.3 Å². The van der Waals surface area contributed by atoms with Gasteiger partial charge in [-0.3, -0.25) is 10.1 Å². The van der Waals surface area contributed by atoms with Gasteiger partial charge in [-0.05, 0) is 6.92 Å². The molecule has 0 spiro atoms. The molecule has 0 atom stereocenters. The number of aromatic nitrogens is 2. The monoisotopic (exact) mass is 447 g/mol. The van der Waals surface area contributed by atoms with Gasteiger partial charge in [0.2, 0.25) is 10.9 Å². The molecule has 0 aliphatic carbocycles. The van der Waals surface area contributed by atoms with Crippen LogP contribution in [0.25, 0.3) is 10.6 Å². The van der Waals surface area contributed by atoms with Crippen LogP contribution in [0.2, 0.25) is 0 Å². The fourth-order valence-corrected chi connectivity index (χ4v) is 4.25. The maximum absolute atomic E-state index is 12.6. The summed E-state index contributed by atoms with van der Waals surface area (Å²) in [5.41, 5.74) is 0.706.